The first-order valence-corrected chi connectivity index (χ1v) is 6.18. The van der Waals surface area contributed by atoms with Gasteiger partial charge in [0.2, 0.25) is 0 Å². The molecule has 0 saturated carbocycles. The molecule has 0 spiro atoms. The van der Waals surface area contributed by atoms with Crippen LogP contribution in [0.3, 0.4) is 0 Å². The zero-order chi connectivity index (χ0) is 12.1. The summed E-state index contributed by atoms with van der Waals surface area (Å²) in [6.45, 7) is 2.95. The summed E-state index contributed by atoms with van der Waals surface area (Å²) in [7, 11) is 0. The third-order valence-electron chi connectivity index (χ3n) is 3.35. The van der Waals surface area contributed by atoms with Gasteiger partial charge in [0, 0.05) is 19.0 Å². The second kappa shape index (κ2) is 5.94. The molecule has 1 aliphatic heterocycles. The minimum Gasteiger partial charge on any atom is -0.392 e. The van der Waals surface area contributed by atoms with Gasteiger partial charge in [0.15, 0.2) is 0 Å². The van der Waals surface area contributed by atoms with Gasteiger partial charge in [-0.05, 0) is 30.5 Å². The first-order valence-electron chi connectivity index (χ1n) is 6.18. The van der Waals surface area contributed by atoms with Crippen LogP contribution in [-0.4, -0.2) is 29.4 Å². The largest absolute Gasteiger partial charge is 0.392 e. The summed E-state index contributed by atoms with van der Waals surface area (Å²) in [5, 5.41) is 8.97. The summed E-state index contributed by atoms with van der Waals surface area (Å²) in [6.07, 6.45) is 3.22. The molecule has 17 heavy (non-hydrogen) atoms. The molecule has 1 N–H and O–H groups in total. The van der Waals surface area contributed by atoms with Crippen molar-refractivity contribution in [3.8, 4) is 0 Å². The molecule has 1 atom stereocenters. The molecule has 2 rings (SSSR count). The Morgan fingerprint density at radius 2 is 2.00 bits per heavy atom. The number of aliphatic hydroxyl groups is 1. The van der Waals surface area contributed by atoms with E-state index in [-0.39, 0.29) is 12.5 Å². The summed E-state index contributed by atoms with van der Waals surface area (Å²) in [6, 6.07) is 8.01. The van der Waals surface area contributed by atoms with E-state index in [9.17, 15) is 4.79 Å². The summed E-state index contributed by atoms with van der Waals surface area (Å²) in [5.74, 6) is 0.209. The van der Waals surface area contributed by atoms with Crippen molar-refractivity contribution in [2.75, 3.05) is 13.1 Å². The van der Waals surface area contributed by atoms with Crippen molar-refractivity contribution < 1.29 is 9.90 Å². The van der Waals surface area contributed by atoms with Gasteiger partial charge in [-0.25, -0.2) is 0 Å². The Kier molecular flexibility index (Phi) is 4.29. The highest BCUT2D eigenvalue weighted by molar-refractivity contribution is 5.53. The Labute approximate surface area is 102 Å². The van der Waals surface area contributed by atoms with Crippen molar-refractivity contribution in [1.29, 1.82) is 0 Å². The number of aldehydes is 1. The maximum atomic E-state index is 10.8. The predicted molar refractivity (Wildman–Crippen MR) is 66.4 cm³/mol. The second-order valence-electron chi connectivity index (χ2n) is 4.75. The SMILES string of the molecule is O=CC1CCCN(Cc2ccc(CO)cc2)C1. The topological polar surface area (TPSA) is 40.5 Å². The molecule has 1 heterocycles. The number of carbonyl (C=O) groups excluding carboxylic acids is 1. The number of rotatable bonds is 4. The number of carbonyl (C=O) groups is 1. The second-order valence-corrected chi connectivity index (χ2v) is 4.75. The Bertz CT molecular complexity index is 361. The number of benzene rings is 1. The Morgan fingerprint density at radius 1 is 1.29 bits per heavy atom. The zero-order valence-corrected chi connectivity index (χ0v) is 10.0. The first kappa shape index (κ1) is 12.3. The van der Waals surface area contributed by atoms with Gasteiger partial charge in [-0.1, -0.05) is 24.3 Å². The van der Waals surface area contributed by atoms with Crippen molar-refractivity contribution in [1.82, 2.24) is 4.90 Å². The van der Waals surface area contributed by atoms with Crippen LogP contribution in [0.25, 0.3) is 0 Å². The molecule has 0 radical (unpaired) electrons. The molecule has 3 heteroatoms. The third kappa shape index (κ3) is 3.38. The van der Waals surface area contributed by atoms with E-state index < -0.39 is 0 Å². The smallest absolute Gasteiger partial charge is 0.124 e. The van der Waals surface area contributed by atoms with E-state index in [1.165, 1.54) is 5.56 Å². The summed E-state index contributed by atoms with van der Waals surface area (Å²) < 4.78 is 0. The van der Waals surface area contributed by atoms with Crippen LogP contribution < -0.4 is 0 Å². The molecule has 0 bridgehead atoms. The Morgan fingerprint density at radius 3 is 2.65 bits per heavy atom. The molecule has 1 aromatic carbocycles. The van der Waals surface area contributed by atoms with Crippen molar-refractivity contribution in [2.45, 2.75) is 26.0 Å². The minimum absolute atomic E-state index is 0.0945. The average Bonchev–Trinajstić information content (AvgIpc) is 2.40. The molecule has 1 saturated heterocycles. The molecular weight excluding hydrogens is 214 g/mol. The van der Waals surface area contributed by atoms with E-state index in [1.54, 1.807) is 0 Å². The van der Waals surface area contributed by atoms with Gasteiger partial charge in [0.1, 0.15) is 6.29 Å². The van der Waals surface area contributed by atoms with Crippen LogP contribution in [0.1, 0.15) is 24.0 Å². The monoisotopic (exact) mass is 233 g/mol. The average molecular weight is 233 g/mol. The van der Waals surface area contributed by atoms with Gasteiger partial charge in [0.05, 0.1) is 6.61 Å². The molecule has 1 unspecified atom stereocenters. The van der Waals surface area contributed by atoms with E-state index in [2.05, 4.69) is 17.0 Å². The van der Waals surface area contributed by atoms with Crippen LogP contribution >= 0.6 is 0 Å². The van der Waals surface area contributed by atoms with Gasteiger partial charge >= 0.3 is 0 Å². The molecule has 1 aromatic rings. The van der Waals surface area contributed by atoms with Crippen LogP contribution in [0, 0.1) is 5.92 Å². The molecule has 0 amide bonds. The first-order chi connectivity index (χ1) is 8.31. The maximum absolute atomic E-state index is 10.8. The van der Waals surface area contributed by atoms with Crippen LogP contribution in [0.15, 0.2) is 24.3 Å². The molecule has 3 nitrogen and oxygen atoms in total. The van der Waals surface area contributed by atoms with Crippen LogP contribution in [0.4, 0.5) is 0 Å². The fourth-order valence-corrected chi connectivity index (χ4v) is 2.35. The molecule has 0 aliphatic carbocycles. The van der Waals surface area contributed by atoms with Gasteiger partial charge in [-0.3, -0.25) is 4.90 Å². The van der Waals surface area contributed by atoms with E-state index >= 15 is 0 Å². The number of piperidine rings is 1. The number of hydrogen-bond donors (Lipinski definition) is 1. The lowest BCUT2D eigenvalue weighted by molar-refractivity contribution is -0.112. The third-order valence-corrected chi connectivity index (χ3v) is 3.35. The van der Waals surface area contributed by atoms with Crippen molar-refractivity contribution in [3.63, 3.8) is 0 Å². The highest BCUT2D eigenvalue weighted by Crippen LogP contribution is 2.17. The fourth-order valence-electron chi connectivity index (χ4n) is 2.35. The van der Waals surface area contributed by atoms with E-state index in [1.807, 2.05) is 12.1 Å². The molecule has 1 aliphatic rings. The minimum atomic E-state index is 0.0945. The molecule has 1 fully saturated rings. The van der Waals surface area contributed by atoms with E-state index in [0.717, 1.165) is 44.3 Å². The van der Waals surface area contributed by atoms with Crippen molar-refractivity contribution >= 4 is 6.29 Å². The number of aliphatic hydroxyl groups excluding tert-OH is 1. The summed E-state index contributed by atoms with van der Waals surface area (Å²) in [4.78, 5) is 13.1. The standard InChI is InChI=1S/C14H19NO2/c16-10-13-5-3-12(4-6-13)8-15-7-1-2-14(9-15)11-17/h3-6,11,14,16H,1-2,7-10H2. The lowest BCUT2D eigenvalue weighted by Gasteiger charge is -2.30. The number of nitrogens with zero attached hydrogens (tertiary/aromatic N) is 1. The van der Waals surface area contributed by atoms with E-state index in [0.29, 0.717) is 0 Å². The summed E-state index contributed by atoms with van der Waals surface area (Å²) in [5.41, 5.74) is 2.19. The Hall–Kier alpha value is -1.19. The number of hydrogen-bond acceptors (Lipinski definition) is 3. The number of likely N-dealkylation sites (tertiary alicyclic amines) is 1. The lowest BCUT2D eigenvalue weighted by atomic mass is 9.99. The van der Waals surface area contributed by atoms with Gasteiger partial charge < -0.3 is 9.90 Å². The van der Waals surface area contributed by atoms with Crippen molar-refractivity contribution in [3.05, 3.63) is 35.4 Å². The highest BCUT2D eigenvalue weighted by atomic mass is 16.3. The fraction of sp³-hybridized carbons (Fsp3) is 0.500. The van der Waals surface area contributed by atoms with Gasteiger partial charge in [-0.2, -0.15) is 0 Å². The van der Waals surface area contributed by atoms with Crippen LogP contribution in [0.2, 0.25) is 0 Å². The van der Waals surface area contributed by atoms with Gasteiger partial charge in [0.25, 0.3) is 0 Å². The predicted octanol–water partition coefficient (Wildman–Crippen LogP) is 1.59. The zero-order valence-electron chi connectivity index (χ0n) is 10.0. The maximum Gasteiger partial charge on any atom is 0.124 e. The van der Waals surface area contributed by atoms with E-state index in [4.69, 9.17) is 5.11 Å². The highest BCUT2D eigenvalue weighted by Gasteiger charge is 2.18. The quantitative estimate of drug-likeness (QED) is 0.803. The molecule has 0 aromatic heterocycles. The van der Waals surface area contributed by atoms with Gasteiger partial charge in [-0.15, -0.1) is 0 Å². The Balaban J connectivity index is 1.92. The molecule has 92 valence electrons. The van der Waals surface area contributed by atoms with Crippen LogP contribution in [-0.2, 0) is 17.9 Å². The van der Waals surface area contributed by atoms with Crippen molar-refractivity contribution in [2.24, 2.45) is 5.92 Å². The molecular formula is C14H19NO2. The summed E-state index contributed by atoms with van der Waals surface area (Å²) >= 11 is 0. The lowest BCUT2D eigenvalue weighted by Crippen LogP contribution is -2.35. The van der Waals surface area contributed by atoms with Crippen LogP contribution in [0.5, 0.6) is 0 Å². The normalized spacial score (nSPS) is 21.4.